The summed E-state index contributed by atoms with van der Waals surface area (Å²) in [6, 6.07) is 5.21. The molecule has 1 aliphatic rings. The molecule has 0 unspecified atom stereocenters. The lowest BCUT2D eigenvalue weighted by Gasteiger charge is -2.26. The second kappa shape index (κ2) is 8.38. The van der Waals surface area contributed by atoms with Crippen LogP contribution in [-0.2, 0) is 20.7 Å². The highest BCUT2D eigenvalue weighted by Gasteiger charge is 2.18. The van der Waals surface area contributed by atoms with Crippen LogP contribution in [0.4, 0.5) is 0 Å². The molecule has 1 heterocycles. The van der Waals surface area contributed by atoms with Crippen LogP contribution in [0.5, 0.6) is 11.5 Å². The summed E-state index contributed by atoms with van der Waals surface area (Å²) in [5, 5.41) is 8.72. The summed E-state index contributed by atoms with van der Waals surface area (Å²) < 4.78 is 16.0. The molecule has 0 aliphatic carbocycles. The quantitative estimate of drug-likeness (QED) is 0.804. The van der Waals surface area contributed by atoms with Crippen molar-refractivity contribution in [2.75, 3.05) is 40.0 Å². The van der Waals surface area contributed by atoms with Crippen LogP contribution in [0.15, 0.2) is 18.2 Å². The molecule has 1 aromatic rings. The van der Waals surface area contributed by atoms with E-state index < -0.39 is 5.97 Å². The van der Waals surface area contributed by atoms with Crippen molar-refractivity contribution in [1.29, 1.82) is 0 Å². The molecule has 7 heteroatoms. The Morgan fingerprint density at radius 1 is 1.26 bits per heavy atom. The van der Waals surface area contributed by atoms with Gasteiger partial charge in [-0.1, -0.05) is 6.07 Å². The Hall–Kier alpha value is -2.28. The van der Waals surface area contributed by atoms with Crippen LogP contribution in [0, 0.1) is 0 Å². The Labute approximate surface area is 134 Å². The van der Waals surface area contributed by atoms with Gasteiger partial charge in [0.05, 0.1) is 20.3 Å². The molecule has 23 heavy (non-hydrogen) atoms. The molecule has 0 aromatic heterocycles. The summed E-state index contributed by atoms with van der Waals surface area (Å²) in [5.41, 5.74) is 0.844. The molecule has 7 nitrogen and oxygen atoms in total. The first kappa shape index (κ1) is 17.1. The lowest BCUT2D eigenvalue weighted by Crippen LogP contribution is -2.43. The number of nitrogens with zero attached hydrogens (tertiary/aromatic N) is 1. The predicted molar refractivity (Wildman–Crippen MR) is 81.8 cm³/mol. The zero-order valence-corrected chi connectivity index (χ0v) is 13.1. The molecule has 1 amide bonds. The van der Waals surface area contributed by atoms with E-state index in [1.54, 1.807) is 23.1 Å². The molecule has 1 aliphatic heterocycles. The third-order valence-corrected chi connectivity index (χ3v) is 3.57. The molecular formula is C16H21NO6. The van der Waals surface area contributed by atoms with Crippen LogP contribution in [0.25, 0.3) is 0 Å². The molecular weight excluding hydrogens is 302 g/mol. The third kappa shape index (κ3) is 5.14. The number of benzene rings is 1. The van der Waals surface area contributed by atoms with Gasteiger partial charge in [0.2, 0.25) is 0 Å². The zero-order chi connectivity index (χ0) is 16.7. The second-order valence-electron chi connectivity index (χ2n) is 5.16. The van der Waals surface area contributed by atoms with Gasteiger partial charge < -0.3 is 24.2 Å². The lowest BCUT2D eigenvalue weighted by molar-refractivity contribution is -0.138. The van der Waals surface area contributed by atoms with E-state index in [0.717, 1.165) is 5.56 Å². The molecule has 126 valence electrons. The number of morpholine rings is 1. The number of carbonyl (C=O) groups is 2. The van der Waals surface area contributed by atoms with Gasteiger partial charge in [0, 0.05) is 19.5 Å². The fourth-order valence-corrected chi connectivity index (χ4v) is 2.28. The number of ether oxygens (including phenoxy) is 3. The fraction of sp³-hybridized carbons (Fsp3) is 0.500. The van der Waals surface area contributed by atoms with Crippen LogP contribution in [0.2, 0.25) is 0 Å². The number of carboxylic acids is 1. The number of amides is 1. The van der Waals surface area contributed by atoms with Crippen LogP contribution in [0.1, 0.15) is 12.0 Å². The van der Waals surface area contributed by atoms with Gasteiger partial charge in [-0.05, 0) is 24.1 Å². The Bertz CT molecular complexity index is 554. The number of hydrogen-bond acceptors (Lipinski definition) is 5. The summed E-state index contributed by atoms with van der Waals surface area (Å²) in [5.74, 6) is 0.0153. The van der Waals surface area contributed by atoms with E-state index in [4.69, 9.17) is 19.3 Å². The molecule has 0 saturated carbocycles. The highest BCUT2D eigenvalue weighted by Crippen LogP contribution is 2.28. The van der Waals surface area contributed by atoms with E-state index in [2.05, 4.69) is 0 Å². The van der Waals surface area contributed by atoms with Crippen molar-refractivity contribution in [2.45, 2.75) is 12.8 Å². The first-order valence-corrected chi connectivity index (χ1v) is 7.47. The van der Waals surface area contributed by atoms with E-state index in [1.165, 1.54) is 7.11 Å². The van der Waals surface area contributed by atoms with E-state index in [1.807, 2.05) is 0 Å². The minimum absolute atomic E-state index is 0.0544. The number of aliphatic carboxylic acids is 1. The standard InChI is InChI=1S/C16H21NO6/c1-21-14-10-12(3-5-16(19)20)2-4-13(14)23-11-15(18)17-6-8-22-9-7-17/h2,4,10H,3,5-9,11H2,1H3,(H,19,20). The van der Waals surface area contributed by atoms with E-state index in [0.29, 0.717) is 44.2 Å². The minimum atomic E-state index is -0.847. The maximum absolute atomic E-state index is 12.1. The summed E-state index contributed by atoms with van der Waals surface area (Å²) >= 11 is 0. The van der Waals surface area contributed by atoms with E-state index in [-0.39, 0.29) is 18.9 Å². The van der Waals surface area contributed by atoms with Crippen molar-refractivity contribution < 1.29 is 28.9 Å². The van der Waals surface area contributed by atoms with Gasteiger partial charge in [0.25, 0.3) is 5.91 Å². The van der Waals surface area contributed by atoms with Crippen molar-refractivity contribution in [2.24, 2.45) is 0 Å². The average Bonchev–Trinajstić information content (AvgIpc) is 2.58. The Morgan fingerprint density at radius 2 is 2.00 bits per heavy atom. The highest BCUT2D eigenvalue weighted by molar-refractivity contribution is 5.78. The van der Waals surface area contributed by atoms with Crippen LogP contribution in [0.3, 0.4) is 0 Å². The fourth-order valence-electron chi connectivity index (χ4n) is 2.28. The van der Waals surface area contributed by atoms with Gasteiger partial charge >= 0.3 is 5.97 Å². The molecule has 0 radical (unpaired) electrons. The topological polar surface area (TPSA) is 85.3 Å². The predicted octanol–water partition coefficient (Wildman–Crippen LogP) is 0.950. The smallest absolute Gasteiger partial charge is 0.303 e. The number of methoxy groups -OCH3 is 1. The highest BCUT2D eigenvalue weighted by atomic mass is 16.5. The van der Waals surface area contributed by atoms with Crippen LogP contribution in [-0.4, -0.2) is 61.9 Å². The molecule has 0 spiro atoms. The Balaban J connectivity index is 1.93. The van der Waals surface area contributed by atoms with Gasteiger partial charge in [-0.15, -0.1) is 0 Å². The van der Waals surface area contributed by atoms with Crippen molar-refractivity contribution in [3.8, 4) is 11.5 Å². The summed E-state index contributed by atoms with van der Waals surface area (Å²) in [4.78, 5) is 24.4. The van der Waals surface area contributed by atoms with Crippen molar-refractivity contribution in [3.05, 3.63) is 23.8 Å². The van der Waals surface area contributed by atoms with Gasteiger partial charge in [0.15, 0.2) is 18.1 Å². The maximum atomic E-state index is 12.1. The van der Waals surface area contributed by atoms with E-state index in [9.17, 15) is 9.59 Å². The molecule has 1 aromatic carbocycles. The van der Waals surface area contributed by atoms with Crippen LogP contribution >= 0.6 is 0 Å². The number of rotatable bonds is 7. The molecule has 1 N–H and O–H groups in total. The van der Waals surface area contributed by atoms with Gasteiger partial charge in [-0.2, -0.15) is 0 Å². The number of aryl methyl sites for hydroxylation is 1. The molecule has 0 atom stereocenters. The van der Waals surface area contributed by atoms with Crippen molar-refractivity contribution >= 4 is 11.9 Å². The van der Waals surface area contributed by atoms with Gasteiger partial charge in [-0.3, -0.25) is 9.59 Å². The SMILES string of the molecule is COc1cc(CCC(=O)O)ccc1OCC(=O)N1CCOCC1. The monoisotopic (exact) mass is 323 g/mol. The average molecular weight is 323 g/mol. The van der Waals surface area contributed by atoms with Gasteiger partial charge in [-0.25, -0.2) is 0 Å². The first-order valence-electron chi connectivity index (χ1n) is 7.47. The van der Waals surface area contributed by atoms with Crippen LogP contribution < -0.4 is 9.47 Å². The molecule has 0 bridgehead atoms. The first-order chi connectivity index (χ1) is 11.1. The summed E-state index contributed by atoms with van der Waals surface area (Å²) in [7, 11) is 1.51. The van der Waals surface area contributed by atoms with E-state index >= 15 is 0 Å². The normalized spacial score (nSPS) is 14.4. The number of carboxylic acid groups (broad SMARTS) is 1. The largest absolute Gasteiger partial charge is 0.493 e. The zero-order valence-electron chi connectivity index (χ0n) is 13.1. The van der Waals surface area contributed by atoms with Crippen molar-refractivity contribution in [1.82, 2.24) is 4.90 Å². The Kier molecular flexibility index (Phi) is 6.22. The van der Waals surface area contributed by atoms with Crippen molar-refractivity contribution in [3.63, 3.8) is 0 Å². The summed E-state index contributed by atoms with van der Waals surface area (Å²) in [6.07, 6.45) is 0.470. The molecule has 1 fully saturated rings. The molecule has 1 saturated heterocycles. The molecule has 2 rings (SSSR count). The Morgan fingerprint density at radius 3 is 2.65 bits per heavy atom. The second-order valence-corrected chi connectivity index (χ2v) is 5.16. The lowest BCUT2D eigenvalue weighted by atomic mass is 10.1. The minimum Gasteiger partial charge on any atom is -0.493 e. The van der Waals surface area contributed by atoms with Gasteiger partial charge in [0.1, 0.15) is 0 Å². The third-order valence-electron chi connectivity index (χ3n) is 3.57. The number of carbonyl (C=O) groups excluding carboxylic acids is 1. The number of hydrogen-bond donors (Lipinski definition) is 1. The summed E-state index contributed by atoms with van der Waals surface area (Å²) in [6.45, 7) is 2.19. The maximum Gasteiger partial charge on any atom is 0.303 e.